The zero-order chi connectivity index (χ0) is 23.5. The number of hydrogen-bond acceptors (Lipinski definition) is 7. The molecular weight excluding hydrogens is 460 g/mol. The summed E-state index contributed by atoms with van der Waals surface area (Å²) < 4.78 is 1.69. The number of aryl methyl sites for hydroxylation is 2. The Balaban J connectivity index is 1.56. The van der Waals surface area contributed by atoms with Gasteiger partial charge in [0.25, 0.3) is 0 Å². The summed E-state index contributed by atoms with van der Waals surface area (Å²) >= 11 is 7.90. The molecule has 1 aromatic carbocycles. The van der Waals surface area contributed by atoms with Gasteiger partial charge in [0.05, 0.1) is 30.1 Å². The molecule has 3 N–H and O–H groups in total. The molecule has 1 amide bonds. The van der Waals surface area contributed by atoms with Crippen LogP contribution in [0.4, 0.5) is 5.69 Å². The molecule has 0 unspecified atom stereocenters. The number of aromatic nitrogens is 4. The van der Waals surface area contributed by atoms with Crippen molar-refractivity contribution in [3.63, 3.8) is 0 Å². The van der Waals surface area contributed by atoms with Crippen LogP contribution in [-0.2, 0) is 30.6 Å². The predicted octanol–water partition coefficient (Wildman–Crippen LogP) is 3.41. The third-order valence-electron chi connectivity index (χ3n) is 4.78. The minimum Gasteiger partial charge on any atom is -0.394 e. The lowest BCUT2D eigenvalue weighted by Crippen LogP contribution is -2.12. The number of amides is 1. The second-order valence-electron chi connectivity index (χ2n) is 7.37. The SMILES string of the molecule is N=CCSCCC(=O)Nc1cccc(CCc2nc(Cc3cnn(CCO)c3)ncc2Cl)c1. The Hall–Kier alpha value is -2.75. The molecule has 174 valence electrons. The van der Waals surface area contributed by atoms with Crippen molar-refractivity contribution >= 4 is 41.2 Å². The van der Waals surface area contributed by atoms with Gasteiger partial charge in [-0.2, -0.15) is 16.9 Å². The molecule has 0 aliphatic heterocycles. The fourth-order valence-corrected chi connectivity index (χ4v) is 4.01. The Labute approximate surface area is 202 Å². The van der Waals surface area contributed by atoms with Gasteiger partial charge < -0.3 is 15.8 Å². The van der Waals surface area contributed by atoms with Crippen molar-refractivity contribution in [1.29, 1.82) is 5.41 Å². The summed E-state index contributed by atoms with van der Waals surface area (Å²) in [7, 11) is 0. The van der Waals surface area contributed by atoms with Crippen LogP contribution in [0.3, 0.4) is 0 Å². The van der Waals surface area contributed by atoms with Gasteiger partial charge in [0, 0.05) is 48.6 Å². The molecule has 0 spiro atoms. The second-order valence-corrected chi connectivity index (χ2v) is 8.93. The Morgan fingerprint density at radius 1 is 1.27 bits per heavy atom. The number of carbonyl (C=O) groups excluding carboxylic acids is 1. The molecule has 33 heavy (non-hydrogen) atoms. The van der Waals surface area contributed by atoms with Gasteiger partial charge in [0.1, 0.15) is 5.82 Å². The molecule has 0 radical (unpaired) electrons. The fraction of sp³-hybridized carbons (Fsp3) is 0.348. The predicted molar refractivity (Wildman–Crippen MR) is 132 cm³/mol. The number of nitrogens with one attached hydrogen (secondary N) is 2. The smallest absolute Gasteiger partial charge is 0.225 e. The summed E-state index contributed by atoms with van der Waals surface area (Å²) in [4.78, 5) is 21.1. The zero-order valence-electron chi connectivity index (χ0n) is 18.2. The monoisotopic (exact) mass is 486 g/mol. The van der Waals surface area contributed by atoms with Gasteiger partial charge in [-0.1, -0.05) is 23.7 Å². The second kappa shape index (κ2) is 13.1. The molecule has 0 fully saturated rings. The van der Waals surface area contributed by atoms with E-state index in [4.69, 9.17) is 22.1 Å². The van der Waals surface area contributed by atoms with E-state index in [0.29, 0.717) is 48.2 Å². The van der Waals surface area contributed by atoms with Crippen molar-refractivity contribution in [3.8, 4) is 0 Å². The van der Waals surface area contributed by atoms with Crippen LogP contribution in [0.2, 0.25) is 5.02 Å². The lowest BCUT2D eigenvalue weighted by atomic mass is 10.1. The van der Waals surface area contributed by atoms with Crippen LogP contribution in [-0.4, -0.2) is 55.1 Å². The van der Waals surface area contributed by atoms with E-state index in [-0.39, 0.29) is 12.5 Å². The molecule has 8 nitrogen and oxygen atoms in total. The van der Waals surface area contributed by atoms with E-state index in [2.05, 4.69) is 20.4 Å². The third-order valence-corrected chi connectivity index (χ3v) is 5.99. The van der Waals surface area contributed by atoms with Crippen molar-refractivity contribution in [2.75, 3.05) is 23.4 Å². The summed E-state index contributed by atoms with van der Waals surface area (Å²) in [6, 6.07) is 7.78. The average Bonchev–Trinajstić information content (AvgIpc) is 3.24. The lowest BCUT2D eigenvalue weighted by molar-refractivity contribution is -0.115. The quantitative estimate of drug-likeness (QED) is 0.252. The first-order valence-corrected chi connectivity index (χ1v) is 12.2. The molecule has 0 saturated heterocycles. The van der Waals surface area contributed by atoms with E-state index in [1.807, 2.05) is 30.5 Å². The molecule has 0 aliphatic rings. The van der Waals surface area contributed by atoms with Gasteiger partial charge >= 0.3 is 0 Å². The lowest BCUT2D eigenvalue weighted by Gasteiger charge is -2.09. The van der Waals surface area contributed by atoms with Crippen molar-refractivity contribution in [3.05, 3.63) is 70.5 Å². The highest BCUT2D eigenvalue weighted by Gasteiger charge is 2.09. The summed E-state index contributed by atoms with van der Waals surface area (Å²) in [5.74, 6) is 1.96. The number of thioether (sulfide) groups is 1. The van der Waals surface area contributed by atoms with E-state index in [1.54, 1.807) is 28.8 Å². The topological polar surface area (TPSA) is 117 Å². The standard InChI is InChI=1S/C23H27ClN6O2S/c24-20-15-26-22(13-18-14-27-30(16-18)8-9-31)29-21(20)5-4-17-2-1-3-19(12-17)28-23(32)6-10-33-11-7-25/h1-3,7,12,14-16,25,31H,4-6,8-11,13H2,(H,28,32). The molecule has 0 aliphatic carbocycles. The van der Waals surface area contributed by atoms with Gasteiger partial charge in [0.2, 0.25) is 5.91 Å². The number of rotatable bonds is 13. The first-order chi connectivity index (χ1) is 16.1. The van der Waals surface area contributed by atoms with E-state index in [9.17, 15) is 4.79 Å². The molecule has 3 aromatic rings. The first-order valence-electron chi connectivity index (χ1n) is 10.7. The van der Waals surface area contributed by atoms with E-state index in [1.165, 1.54) is 6.21 Å². The van der Waals surface area contributed by atoms with Crippen molar-refractivity contribution in [2.24, 2.45) is 0 Å². The number of hydrogen-bond donors (Lipinski definition) is 3. The third kappa shape index (κ3) is 8.27. The van der Waals surface area contributed by atoms with Gasteiger partial charge in [-0.15, -0.1) is 0 Å². The molecule has 0 atom stereocenters. The Kier molecular flexibility index (Phi) is 9.86. The molecule has 2 aromatic heterocycles. The van der Waals surface area contributed by atoms with Crippen LogP contribution in [0.15, 0.2) is 42.9 Å². The van der Waals surface area contributed by atoms with Crippen LogP contribution < -0.4 is 5.32 Å². The largest absolute Gasteiger partial charge is 0.394 e. The summed E-state index contributed by atoms with van der Waals surface area (Å²) in [6.07, 6.45) is 8.92. The number of nitrogens with zero attached hydrogens (tertiary/aromatic N) is 4. The van der Waals surface area contributed by atoms with Crippen LogP contribution in [0.1, 0.15) is 29.1 Å². The van der Waals surface area contributed by atoms with Gasteiger partial charge in [0.15, 0.2) is 0 Å². The number of aliphatic hydroxyl groups excluding tert-OH is 1. The summed E-state index contributed by atoms with van der Waals surface area (Å²) in [6.45, 7) is 0.494. The van der Waals surface area contributed by atoms with Crippen LogP contribution in [0, 0.1) is 5.41 Å². The molecule has 3 rings (SSSR count). The summed E-state index contributed by atoms with van der Waals surface area (Å²) in [5.41, 5.74) is 3.59. The molecular formula is C23H27ClN6O2S. The normalized spacial score (nSPS) is 10.8. The number of halogens is 1. The Morgan fingerprint density at radius 2 is 2.15 bits per heavy atom. The summed E-state index contributed by atoms with van der Waals surface area (Å²) in [5, 5.41) is 23.7. The van der Waals surface area contributed by atoms with Crippen molar-refractivity contribution < 1.29 is 9.90 Å². The number of benzene rings is 1. The van der Waals surface area contributed by atoms with E-state index < -0.39 is 0 Å². The number of carbonyl (C=O) groups is 1. The number of anilines is 1. The highest BCUT2D eigenvalue weighted by Crippen LogP contribution is 2.18. The fourth-order valence-electron chi connectivity index (χ4n) is 3.21. The highest BCUT2D eigenvalue weighted by molar-refractivity contribution is 7.99. The Morgan fingerprint density at radius 3 is 2.97 bits per heavy atom. The van der Waals surface area contributed by atoms with Crippen LogP contribution >= 0.6 is 23.4 Å². The van der Waals surface area contributed by atoms with E-state index >= 15 is 0 Å². The molecule has 0 saturated carbocycles. The maximum atomic E-state index is 12.1. The van der Waals surface area contributed by atoms with Crippen molar-refractivity contribution in [1.82, 2.24) is 19.7 Å². The zero-order valence-corrected chi connectivity index (χ0v) is 19.8. The minimum atomic E-state index is -0.0320. The average molecular weight is 487 g/mol. The van der Waals surface area contributed by atoms with Gasteiger partial charge in [-0.05, 0) is 36.1 Å². The molecule has 10 heteroatoms. The maximum Gasteiger partial charge on any atom is 0.225 e. The van der Waals surface area contributed by atoms with Crippen molar-refractivity contribution in [2.45, 2.75) is 32.2 Å². The molecule has 2 heterocycles. The van der Waals surface area contributed by atoms with Crippen LogP contribution in [0.5, 0.6) is 0 Å². The maximum absolute atomic E-state index is 12.1. The highest BCUT2D eigenvalue weighted by atomic mass is 35.5. The van der Waals surface area contributed by atoms with Gasteiger partial charge in [-0.3, -0.25) is 9.48 Å². The van der Waals surface area contributed by atoms with E-state index in [0.717, 1.165) is 28.9 Å². The van der Waals surface area contributed by atoms with Crippen LogP contribution in [0.25, 0.3) is 0 Å². The van der Waals surface area contributed by atoms with Gasteiger partial charge in [-0.25, -0.2) is 9.97 Å². The Bertz CT molecular complexity index is 1070. The minimum absolute atomic E-state index is 0.0320. The molecule has 0 bridgehead atoms. The number of aliphatic hydroxyl groups is 1. The first kappa shape index (κ1) is 24.9.